The number of hydrogen-bond donors (Lipinski definition) is 2. The van der Waals surface area contributed by atoms with Gasteiger partial charge in [-0.15, -0.1) is 0 Å². The molecule has 0 fully saturated rings. The van der Waals surface area contributed by atoms with E-state index in [4.69, 9.17) is 5.21 Å². The second-order valence-corrected chi connectivity index (χ2v) is 3.21. The van der Waals surface area contributed by atoms with Crippen LogP contribution in [-0.2, 0) is 4.79 Å². The maximum atomic E-state index is 12.7. The van der Waals surface area contributed by atoms with Crippen molar-refractivity contribution in [1.82, 2.24) is 0 Å². The van der Waals surface area contributed by atoms with E-state index in [1.54, 1.807) is 0 Å². The number of amides is 1. The molecule has 0 saturated carbocycles. The molecular formula is C8H6BrFN2O2. The average molecular weight is 261 g/mol. The second kappa shape index (κ2) is 4.71. The first-order chi connectivity index (χ1) is 6.63. The molecule has 0 unspecified atom stereocenters. The molecule has 74 valence electrons. The summed E-state index contributed by atoms with van der Waals surface area (Å²) in [4.78, 5) is 10.9. The zero-order valence-electron chi connectivity index (χ0n) is 6.87. The fourth-order valence-corrected chi connectivity index (χ4v) is 1.16. The molecule has 1 aromatic rings. The van der Waals surface area contributed by atoms with E-state index in [1.807, 2.05) is 0 Å². The average Bonchev–Trinajstić information content (AvgIpc) is 2.12. The Labute approximate surface area is 87.5 Å². The summed E-state index contributed by atoms with van der Waals surface area (Å²) in [5.41, 5.74) is 0.273. The minimum atomic E-state index is -0.640. The molecule has 2 N–H and O–H groups in total. The summed E-state index contributed by atoms with van der Waals surface area (Å²) in [6.07, 6.45) is 0.678. The highest BCUT2D eigenvalue weighted by atomic mass is 79.9. The lowest BCUT2D eigenvalue weighted by atomic mass is 10.3. The summed E-state index contributed by atoms with van der Waals surface area (Å²) >= 11 is 3.12. The molecule has 6 heteroatoms. The van der Waals surface area contributed by atoms with Gasteiger partial charge in [0.05, 0.1) is 5.69 Å². The van der Waals surface area contributed by atoms with Gasteiger partial charge in [0.2, 0.25) is 0 Å². The number of nitrogens with zero attached hydrogens (tertiary/aromatic N) is 1. The summed E-state index contributed by atoms with van der Waals surface area (Å²) in [6.45, 7) is 0. The van der Waals surface area contributed by atoms with Gasteiger partial charge in [-0.25, -0.2) is 4.39 Å². The Morgan fingerprint density at radius 2 is 2.36 bits per heavy atom. The van der Waals surface area contributed by atoms with Crippen LogP contribution in [0.15, 0.2) is 27.8 Å². The Morgan fingerprint density at radius 1 is 1.64 bits per heavy atom. The van der Waals surface area contributed by atoms with E-state index in [0.717, 1.165) is 6.07 Å². The molecule has 0 heterocycles. The molecule has 0 aromatic heterocycles. The van der Waals surface area contributed by atoms with Crippen molar-refractivity contribution < 1.29 is 14.4 Å². The zero-order valence-corrected chi connectivity index (χ0v) is 8.45. The number of oxime groups is 1. The molecule has 0 bridgehead atoms. The Kier molecular flexibility index (Phi) is 3.58. The van der Waals surface area contributed by atoms with Crippen molar-refractivity contribution in [2.75, 3.05) is 5.32 Å². The first-order valence-electron chi connectivity index (χ1n) is 3.57. The summed E-state index contributed by atoms with van der Waals surface area (Å²) in [7, 11) is 0. The fourth-order valence-electron chi connectivity index (χ4n) is 0.811. The Balaban J connectivity index is 2.85. The molecule has 0 aliphatic carbocycles. The smallest absolute Gasteiger partial charge is 0.270 e. The second-order valence-electron chi connectivity index (χ2n) is 2.36. The zero-order chi connectivity index (χ0) is 10.6. The van der Waals surface area contributed by atoms with E-state index in [-0.39, 0.29) is 5.69 Å². The maximum Gasteiger partial charge on any atom is 0.270 e. The third kappa shape index (κ3) is 2.81. The summed E-state index contributed by atoms with van der Waals surface area (Å²) in [5, 5.41) is 12.9. The minimum Gasteiger partial charge on any atom is -0.411 e. The number of benzene rings is 1. The van der Waals surface area contributed by atoms with Gasteiger partial charge in [-0.05, 0) is 34.1 Å². The predicted molar refractivity (Wildman–Crippen MR) is 53.0 cm³/mol. The fraction of sp³-hybridized carbons (Fsp3) is 0. The lowest BCUT2D eigenvalue weighted by molar-refractivity contribution is -0.110. The number of rotatable bonds is 2. The van der Waals surface area contributed by atoms with Gasteiger partial charge in [-0.2, -0.15) is 0 Å². The van der Waals surface area contributed by atoms with Crippen LogP contribution in [0.3, 0.4) is 0 Å². The molecular weight excluding hydrogens is 255 g/mol. The first-order valence-corrected chi connectivity index (χ1v) is 4.36. The van der Waals surface area contributed by atoms with E-state index in [9.17, 15) is 9.18 Å². The highest BCUT2D eigenvalue weighted by molar-refractivity contribution is 9.10. The Bertz CT molecular complexity index is 382. The summed E-state index contributed by atoms with van der Waals surface area (Å²) in [5.74, 6) is -1.11. The van der Waals surface area contributed by atoms with E-state index < -0.39 is 11.7 Å². The van der Waals surface area contributed by atoms with Crippen molar-refractivity contribution >= 4 is 33.7 Å². The highest BCUT2D eigenvalue weighted by Crippen LogP contribution is 2.22. The molecule has 0 radical (unpaired) electrons. The van der Waals surface area contributed by atoms with Gasteiger partial charge in [0.25, 0.3) is 5.91 Å². The molecule has 0 saturated heterocycles. The summed E-state index contributed by atoms with van der Waals surface area (Å²) in [6, 6.07) is 3.86. The van der Waals surface area contributed by atoms with Gasteiger partial charge >= 0.3 is 0 Å². The van der Waals surface area contributed by atoms with Crippen molar-refractivity contribution in [2.45, 2.75) is 0 Å². The molecule has 1 rings (SSSR count). The van der Waals surface area contributed by atoms with Crippen LogP contribution < -0.4 is 5.32 Å². The van der Waals surface area contributed by atoms with Crippen LogP contribution in [0.2, 0.25) is 0 Å². The molecule has 0 spiro atoms. The Morgan fingerprint density at radius 3 is 3.00 bits per heavy atom. The van der Waals surface area contributed by atoms with Crippen molar-refractivity contribution in [3.63, 3.8) is 0 Å². The van der Waals surface area contributed by atoms with Gasteiger partial charge in [0, 0.05) is 4.47 Å². The number of carbonyl (C=O) groups excluding carboxylic acids is 1. The van der Waals surface area contributed by atoms with E-state index in [0.29, 0.717) is 10.7 Å². The molecule has 0 aliphatic heterocycles. The first kappa shape index (κ1) is 10.6. The van der Waals surface area contributed by atoms with Crippen molar-refractivity contribution in [3.8, 4) is 0 Å². The van der Waals surface area contributed by atoms with E-state index in [1.165, 1.54) is 12.1 Å². The van der Waals surface area contributed by atoms with Gasteiger partial charge in [0.1, 0.15) is 12.0 Å². The van der Waals surface area contributed by atoms with Crippen LogP contribution in [0.25, 0.3) is 0 Å². The largest absolute Gasteiger partial charge is 0.411 e. The third-order valence-electron chi connectivity index (χ3n) is 1.36. The highest BCUT2D eigenvalue weighted by Gasteiger charge is 2.04. The molecule has 0 atom stereocenters. The van der Waals surface area contributed by atoms with Crippen LogP contribution in [0.4, 0.5) is 10.1 Å². The lowest BCUT2D eigenvalue weighted by Gasteiger charge is -2.03. The SMILES string of the molecule is O=C(/C=N\O)Nc1cc(F)ccc1Br. The van der Waals surface area contributed by atoms with Gasteiger partial charge in [0.15, 0.2) is 0 Å². The van der Waals surface area contributed by atoms with Crippen LogP contribution in [0, 0.1) is 5.82 Å². The topological polar surface area (TPSA) is 61.7 Å². The molecule has 4 nitrogen and oxygen atoms in total. The van der Waals surface area contributed by atoms with Crippen molar-refractivity contribution in [2.24, 2.45) is 5.16 Å². The van der Waals surface area contributed by atoms with Gasteiger partial charge < -0.3 is 10.5 Å². The minimum absolute atomic E-state index is 0.273. The molecule has 0 aliphatic rings. The van der Waals surface area contributed by atoms with Crippen molar-refractivity contribution in [1.29, 1.82) is 0 Å². The van der Waals surface area contributed by atoms with Crippen LogP contribution in [0.1, 0.15) is 0 Å². The number of hydrogen-bond acceptors (Lipinski definition) is 3. The molecule has 14 heavy (non-hydrogen) atoms. The molecule has 1 amide bonds. The van der Waals surface area contributed by atoms with Crippen molar-refractivity contribution in [3.05, 3.63) is 28.5 Å². The maximum absolute atomic E-state index is 12.7. The number of carbonyl (C=O) groups is 1. The van der Waals surface area contributed by atoms with Gasteiger partial charge in [-0.1, -0.05) is 5.16 Å². The van der Waals surface area contributed by atoms with E-state index >= 15 is 0 Å². The standard InChI is InChI=1S/C8H6BrFN2O2/c9-6-2-1-5(10)3-7(6)12-8(13)4-11-14/h1-4,14H,(H,12,13)/b11-4-. The van der Waals surface area contributed by atoms with E-state index in [2.05, 4.69) is 26.4 Å². The number of halogens is 2. The monoisotopic (exact) mass is 260 g/mol. The normalized spacial score (nSPS) is 10.4. The molecule has 1 aromatic carbocycles. The Hall–Kier alpha value is -1.43. The lowest BCUT2D eigenvalue weighted by Crippen LogP contribution is -2.13. The van der Waals surface area contributed by atoms with Crippen LogP contribution in [-0.4, -0.2) is 17.3 Å². The number of anilines is 1. The number of nitrogens with one attached hydrogen (secondary N) is 1. The van der Waals surface area contributed by atoms with Crippen LogP contribution in [0.5, 0.6) is 0 Å². The van der Waals surface area contributed by atoms with Crippen LogP contribution >= 0.6 is 15.9 Å². The quantitative estimate of drug-likeness (QED) is 0.485. The third-order valence-corrected chi connectivity index (χ3v) is 2.05. The summed E-state index contributed by atoms with van der Waals surface area (Å²) < 4.78 is 13.3. The van der Waals surface area contributed by atoms with Gasteiger partial charge in [-0.3, -0.25) is 4.79 Å². The predicted octanol–water partition coefficient (Wildman–Crippen LogP) is 1.99.